The number of aryl methyl sites for hydroxylation is 1. The fourth-order valence-electron chi connectivity index (χ4n) is 3.63. The van der Waals surface area contributed by atoms with Crippen molar-refractivity contribution in [3.05, 3.63) is 30.0 Å². The van der Waals surface area contributed by atoms with Crippen LogP contribution in [-0.4, -0.2) is 15.8 Å². The number of hydrogen-bond acceptors (Lipinski definition) is 3. The minimum atomic E-state index is 0.332. The standard InChI is InChI=1S/C16H24N4/c1-11-7-8-12(9-11)14(18-17)10-15-13-5-3-4-6-16(13)20(2)19-15/h3-6,11-12,14,18H,7-10,17H2,1-2H3. The summed E-state index contributed by atoms with van der Waals surface area (Å²) in [4.78, 5) is 0. The van der Waals surface area contributed by atoms with Crippen LogP contribution in [0.5, 0.6) is 0 Å². The first-order valence-corrected chi connectivity index (χ1v) is 7.55. The molecule has 1 fully saturated rings. The molecule has 1 aliphatic carbocycles. The highest BCUT2D eigenvalue weighted by molar-refractivity contribution is 5.81. The van der Waals surface area contributed by atoms with Crippen molar-refractivity contribution in [2.24, 2.45) is 24.7 Å². The van der Waals surface area contributed by atoms with Crippen LogP contribution in [0.2, 0.25) is 0 Å². The fourth-order valence-corrected chi connectivity index (χ4v) is 3.63. The van der Waals surface area contributed by atoms with Gasteiger partial charge in [-0.05, 0) is 30.7 Å². The van der Waals surface area contributed by atoms with E-state index in [0.717, 1.165) is 18.0 Å². The Hall–Kier alpha value is -1.39. The first-order valence-electron chi connectivity index (χ1n) is 7.55. The number of para-hydroxylation sites is 1. The van der Waals surface area contributed by atoms with E-state index in [1.807, 2.05) is 11.7 Å². The second kappa shape index (κ2) is 5.54. The quantitative estimate of drug-likeness (QED) is 0.663. The summed E-state index contributed by atoms with van der Waals surface area (Å²) in [7, 11) is 2.01. The van der Waals surface area contributed by atoms with Gasteiger partial charge in [0.1, 0.15) is 0 Å². The van der Waals surface area contributed by atoms with Gasteiger partial charge in [-0.15, -0.1) is 0 Å². The average Bonchev–Trinajstić information content (AvgIpc) is 3.01. The van der Waals surface area contributed by atoms with Gasteiger partial charge in [0, 0.05) is 24.9 Å². The highest BCUT2D eigenvalue weighted by Crippen LogP contribution is 2.34. The van der Waals surface area contributed by atoms with Crippen LogP contribution in [0.25, 0.3) is 10.9 Å². The minimum Gasteiger partial charge on any atom is -0.271 e. The van der Waals surface area contributed by atoms with Crippen molar-refractivity contribution in [3.63, 3.8) is 0 Å². The minimum absolute atomic E-state index is 0.332. The normalized spacial score (nSPS) is 24.4. The zero-order chi connectivity index (χ0) is 14.1. The van der Waals surface area contributed by atoms with Gasteiger partial charge in [0.15, 0.2) is 0 Å². The number of hydrogen-bond donors (Lipinski definition) is 2. The molecule has 3 N–H and O–H groups in total. The summed E-state index contributed by atoms with van der Waals surface area (Å²) >= 11 is 0. The lowest BCUT2D eigenvalue weighted by molar-refractivity contribution is 0.350. The van der Waals surface area contributed by atoms with E-state index >= 15 is 0 Å². The second-order valence-corrected chi connectivity index (χ2v) is 6.24. The number of aromatic nitrogens is 2. The van der Waals surface area contributed by atoms with E-state index in [0.29, 0.717) is 12.0 Å². The maximum atomic E-state index is 5.81. The number of nitrogens with two attached hydrogens (primary N) is 1. The Balaban J connectivity index is 1.84. The molecule has 1 saturated carbocycles. The van der Waals surface area contributed by atoms with E-state index in [9.17, 15) is 0 Å². The number of fused-ring (bicyclic) bond motifs is 1. The zero-order valence-electron chi connectivity index (χ0n) is 12.3. The Morgan fingerprint density at radius 3 is 2.90 bits per heavy atom. The van der Waals surface area contributed by atoms with E-state index in [1.165, 1.54) is 30.2 Å². The largest absolute Gasteiger partial charge is 0.271 e. The van der Waals surface area contributed by atoms with Gasteiger partial charge in [-0.2, -0.15) is 5.10 Å². The molecule has 4 heteroatoms. The van der Waals surface area contributed by atoms with Crippen LogP contribution >= 0.6 is 0 Å². The van der Waals surface area contributed by atoms with Gasteiger partial charge in [-0.3, -0.25) is 16.0 Å². The van der Waals surface area contributed by atoms with Crippen LogP contribution in [0.4, 0.5) is 0 Å². The monoisotopic (exact) mass is 272 g/mol. The summed E-state index contributed by atoms with van der Waals surface area (Å²) in [5, 5.41) is 5.94. The number of nitrogens with zero attached hydrogens (tertiary/aromatic N) is 2. The zero-order valence-corrected chi connectivity index (χ0v) is 12.3. The summed E-state index contributed by atoms with van der Waals surface area (Å²) in [5.74, 6) is 7.32. The van der Waals surface area contributed by atoms with Crippen molar-refractivity contribution < 1.29 is 0 Å². The Morgan fingerprint density at radius 1 is 1.40 bits per heavy atom. The van der Waals surface area contributed by atoms with Crippen molar-refractivity contribution in [1.82, 2.24) is 15.2 Å². The fraction of sp³-hybridized carbons (Fsp3) is 0.562. The molecule has 0 spiro atoms. The topological polar surface area (TPSA) is 55.9 Å². The third-order valence-corrected chi connectivity index (χ3v) is 4.77. The molecular weight excluding hydrogens is 248 g/mol. The van der Waals surface area contributed by atoms with Crippen LogP contribution in [0.15, 0.2) is 24.3 Å². The van der Waals surface area contributed by atoms with E-state index < -0.39 is 0 Å². The van der Waals surface area contributed by atoms with Gasteiger partial charge in [-0.25, -0.2) is 0 Å². The molecule has 0 saturated heterocycles. The lowest BCUT2D eigenvalue weighted by Gasteiger charge is -2.22. The summed E-state index contributed by atoms with van der Waals surface area (Å²) < 4.78 is 1.97. The molecule has 1 heterocycles. The number of benzene rings is 1. The summed E-state index contributed by atoms with van der Waals surface area (Å²) in [6.07, 6.45) is 4.79. The molecular formula is C16H24N4. The van der Waals surface area contributed by atoms with Gasteiger partial charge in [0.2, 0.25) is 0 Å². The Labute approximate surface area is 120 Å². The van der Waals surface area contributed by atoms with Crippen LogP contribution in [-0.2, 0) is 13.5 Å². The first-order chi connectivity index (χ1) is 9.69. The third-order valence-electron chi connectivity index (χ3n) is 4.77. The van der Waals surface area contributed by atoms with Crippen molar-refractivity contribution in [2.45, 2.75) is 38.6 Å². The van der Waals surface area contributed by atoms with Crippen molar-refractivity contribution in [1.29, 1.82) is 0 Å². The molecule has 20 heavy (non-hydrogen) atoms. The predicted octanol–water partition coefficient (Wildman–Crippen LogP) is 2.38. The van der Waals surface area contributed by atoms with Gasteiger partial charge in [-0.1, -0.05) is 31.5 Å². The van der Waals surface area contributed by atoms with E-state index in [2.05, 4.69) is 41.7 Å². The molecule has 1 aromatic carbocycles. The molecule has 0 aliphatic heterocycles. The molecule has 0 amide bonds. The lowest BCUT2D eigenvalue weighted by Crippen LogP contribution is -2.41. The number of hydrazine groups is 1. The molecule has 3 rings (SSSR count). The number of nitrogens with one attached hydrogen (secondary N) is 1. The Morgan fingerprint density at radius 2 is 2.20 bits per heavy atom. The van der Waals surface area contributed by atoms with E-state index in [1.54, 1.807) is 0 Å². The Bertz CT molecular complexity index is 589. The molecule has 1 aromatic heterocycles. The van der Waals surface area contributed by atoms with Crippen LogP contribution in [0.1, 0.15) is 31.9 Å². The molecule has 1 aliphatic rings. The number of rotatable bonds is 4. The Kier molecular flexibility index (Phi) is 3.76. The maximum Gasteiger partial charge on any atom is 0.0719 e. The van der Waals surface area contributed by atoms with Gasteiger partial charge in [0.05, 0.1) is 11.2 Å². The van der Waals surface area contributed by atoms with E-state index in [-0.39, 0.29) is 0 Å². The highest BCUT2D eigenvalue weighted by Gasteiger charge is 2.29. The van der Waals surface area contributed by atoms with Crippen molar-refractivity contribution in [2.75, 3.05) is 0 Å². The lowest BCUT2D eigenvalue weighted by atomic mass is 9.93. The molecule has 3 atom stereocenters. The smallest absolute Gasteiger partial charge is 0.0719 e. The summed E-state index contributed by atoms with van der Waals surface area (Å²) in [6, 6.07) is 8.75. The van der Waals surface area contributed by atoms with Gasteiger partial charge < -0.3 is 0 Å². The predicted molar refractivity (Wildman–Crippen MR) is 82.0 cm³/mol. The SMILES string of the molecule is CC1CCC(C(Cc2nn(C)c3ccccc23)NN)C1. The molecule has 4 nitrogen and oxygen atoms in total. The second-order valence-electron chi connectivity index (χ2n) is 6.24. The summed E-state index contributed by atoms with van der Waals surface area (Å²) in [6.45, 7) is 2.34. The molecule has 3 unspecified atom stereocenters. The van der Waals surface area contributed by atoms with E-state index in [4.69, 9.17) is 5.84 Å². The molecule has 0 radical (unpaired) electrons. The third kappa shape index (κ3) is 2.45. The highest BCUT2D eigenvalue weighted by atomic mass is 15.3. The molecule has 2 aromatic rings. The van der Waals surface area contributed by atoms with Gasteiger partial charge in [0.25, 0.3) is 0 Å². The summed E-state index contributed by atoms with van der Waals surface area (Å²) in [5.41, 5.74) is 5.39. The van der Waals surface area contributed by atoms with Crippen LogP contribution in [0.3, 0.4) is 0 Å². The first kappa shape index (κ1) is 13.6. The maximum absolute atomic E-state index is 5.81. The van der Waals surface area contributed by atoms with Crippen LogP contribution in [0, 0.1) is 11.8 Å². The van der Waals surface area contributed by atoms with Gasteiger partial charge >= 0.3 is 0 Å². The van der Waals surface area contributed by atoms with Crippen molar-refractivity contribution >= 4 is 10.9 Å². The van der Waals surface area contributed by atoms with Crippen molar-refractivity contribution in [3.8, 4) is 0 Å². The molecule has 0 bridgehead atoms. The molecule has 108 valence electrons. The average molecular weight is 272 g/mol. The van der Waals surface area contributed by atoms with Crippen LogP contribution < -0.4 is 11.3 Å².